The molecule has 1 saturated heterocycles. The van der Waals surface area contributed by atoms with Gasteiger partial charge >= 0.3 is 0 Å². The van der Waals surface area contributed by atoms with Crippen LogP contribution in [0.3, 0.4) is 0 Å². The Hall–Kier alpha value is -0.220. The second-order valence-electron chi connectivity index (χ2n) is 6.32. The molecule has 1 heterocycles. The van der Waals surface area contributed by atoms with Crippen molar-refractivity contribution in [3.8, 4) is 0 Å². The normalized spacial score (nSPS) is 18.6. The first-order chi connectivity index (χ1) is 11.7. The molecule has 6 nitrogen and oxygen atoms in total. The summed E-state index contributed by atoms with van der Waals surface area (Å²) in [5.41, 5.74) is 0. The van der Waals surface area contributed by atoms with E-state index in [-0.39, 0.29) is 22.6 Å². The lowest BCUT2D eigenvalue weighted by Crippen LogP contribution is -2.50. The van der Waals surface area contributed by atoms with Gasteiger partial charge in [0, 0.05) is 37.2 Å². The Balaban J connectivity index is 1.92. The molecule has 0 saturated carbocycles. The Morgan fingerprint density at radius 1 is 1.28 bits per heavy atom. The molecule has 0 amide bonds. The third-order valence-corrected chi connectivity index (χ3v) is 6.81. The topological polar surface area (TPSA) is 70.1 Å². The number of ether oxygens (including phenoxy) is 1. The van der Waals surface area contributed by atoms with Crippen LogP contribution < -0.4 is 0 Å². The van der Waals surface area contributed by atoms with Crippen LogP contribution in [0.4, 0.5) is 0 Å². The summed E-state index contributed by atoms with van der Waals surface area (Å²) >= 11 is 9.38. The Labute approximate surface area is 162 Å². The molecule has 0 aromatic heterocycles. The van der Waals surface area contributed by atoms with E-state index in [9.17, 15) is 13.5 Å². The summed E-state index contributed by atoms with van der Waals surface area (Å²) in [5.74, 6) is 0. The molecular formula is C16H24BrClN2O4S. The van der Waals surface area contributed by atoms with Gasteiger partial charge in [-0.1, -0.05) is 27.5 Å². The highest BCUT2D eigenvalue weighted by Crippen LogP contribution is 2.28. The predicted molar refractivity (Wildman–Crippen MR) is 101 cm³/mol. The Bertz CT molecular complexity index is 679. The molecular weight excluding hydrogens is 432 g/mol. The van der Waals surface area contributed by atoms with Crippen LogP contribution in [0.15, 0.2) is 27.6 Å². The number of β-amino-alcohol motifs (C(OH)–C–C–N with tert-alkyl or cyclic N) is 1. The first-order valence-electron chi connectivity index (χ1n) is 8.17. The van der Waals surface area contributed by atoms with E-state index in [4.69, 9.17) is 16.3 Å². The first-order valence-corrected chi connectivity index (χ1v) is 10.8. The van der Waals surface area contributed by atoms with Crippen molar-refractivity contribution in [1.82, 2.24) is 9.21 Å². The second kappa shape index (κ2) is 9.12. The van der Waals surface area contributed by atoms with Gasteiger partial charge in [-0.2, -0.15) is 4.31 Å². The average Bonchev–Trinajstić information content (AvgIpc) is 2.53. The van der Waals surface area contributed by atoms with Crippen LogP contribution >= 0.6 is 27.5 Å². The lowest BCUT2D eigenvalue weighted by Gasteiger charge is -2.35. The molecule has 2 rings (SSSR count). The molecule has 1 aliphatic rings. The van der Waals surface area contributed by atoms with Crippen LogP contribution in [0.2, 0.25) is 5.02 Å². The number of halogens is 2. The average molecular weight is 456 g/mol. The fraction of sp³-hybridized carbons (Fsp3) is 0.625. The summed E-state index contributed by atoms with van der Waals surface area (Å²) in [4.78, 5) is 2.17. The molecule has 1 aromatic carbocycles. The van der Waals surface area contributed by atoms with E-state index in [1.165, 1.54) is 10.4 Å². The zero-order valence-electron chi connectivity index (χ0n) is 14.4. The highest BCUT2D eigenvalue weighted by atomic mass is 79.9. The Morgan fingerprint density at radius 3 is 2.48 bits per heavy atom. The predicted octanol–water partition coefficient (Wildman–Crippen LogP) is 2.19. The largest absolute Gasteiger partial charge is 0.389 e. The molecule has 25 heavy (non-hydrogen) atoms. The third-order valence-electron chi connectivity index (χ3n) is 3.93. The third kappa shape index (κ3) is 5.89. The summed E-state index contributed by atoms with van der Waals surface area (Å²) in [6.07, 6.45) is -0.501. The van der Waals surface area contributed by atoms with E-state index < -0.39 is 16.1 Å². The number of benzene rings is 1. The number of aliphatic hydroxyl groups excluding tert-OH is 1. The molecule has 1 unspecified atom stereocenters. The van der Waals surface area contributed by atoms with Crippen LogP contribution in [0.5, 0.6) is 0 Å². The van der Waals surface area contributed by atoms with Crippen LogP contribution in [0, 0.1) is 0 Å². The van der Waals surface area contributed by atoms with Crippen LogP contribution in [0.25, 0.3) is 0 Å². The van der Waals surface area contributed by atoms with Gasteiger partial charge in [0.05, 0.1) is 23.8 Å². The van der Waals surface area contributed by atoms with Gasteiger partial charge in [0.2, 0.25) is 10.0 Å². The standard InChI is InChI=1S/C16H24BrClN2O4S/c1-12(2)24-11-14(21)10-19-5-7-20(8-6-19)25(22,23)16-4-3-13(17)9-15(16)18/h3-4,9,12,14,21H,5-8,10-11H2,1-2H3. The summed E-state index contributed by atoms with van der Waals surface area (Å²) in [7, 11) is -3.62. The number of nitrogens with zero attached hydrogens (tertiary/aromatic N) is 2. The van der Waals surface area contributed by atoms with E-state index in [2.05, 4.69) is 15.9 Å². The fourth-order valence-electron chi connectivity index (χ4n) is 2.63. The minimum Gasteiger partial charge on any atom is -0.389 e. The highest BCUT2D eigenvalue weighted by Gasteiger charge is 2.30. The smallest absolute Gasteiger partial charge is 0.244 e. The van der Waals surface area contributed by atoms with E-state index >= 15 is 0 Å². The van der Waals surface area contributed by atoms with Gasteiger partial charge in [-0.25, -0.2) is 8.42 Å². The van der Waals surface area contributed by atoms with Gasteiger partial charge in [0.25, 0.3) is 0 Å². The molecule has 9 heteroatoms. The van der Waals surface area contributed by atoms with Gasteiger partial charge in [-0.15, -0.1) is 0 Å². The Morgan fingerprint density at radius 2 is 1.92 bits per heavy atom. The van der Waals surface area contributed by atoms with E-state index in [1.807, 2.05) is 18.7 Å². The first kappa shape index (κ1) is 21.1. The van der Waals surface area contributed by atoms with E-state index in [1.54, 1.807) is 12.1 Å². The lowest BCUT2D eigenvalue weighted by atomic mass is 10.3. The van der Waals surface area contributed by atoms with Crippen molar-refractivity contribution >= 4 is 37.6 Å². The molecule has 0 radical (unpaired) electrons. The maximum Gasteiger partial charge on any atom is 0.244 e. The molecule has 1 fully saturated rings. The van der Waals surface area contributed by atoms with Gasteiger partial charge in [0.1, 0.15) is 4.90 Å². The van der Waals surface area contributed by atoms with E-state index in [0.717, 1.165) is 4.47 Å². The molecule has 0 bridgehead atoms. The molecule has 142 valence electrons. The van der Waals surface area contributed by atoms with Crippen molar-refractivity contribution in [2.75, 3.05) is 39.3 Å². The van der Waals surface area contributed by atoms with Crippen molar-refractivity contribution in [2.45, 2.75) is 31.0 Å². The molecule has 0 aliphatic carbocycles. The van der Waals surface area contributed by atoms with Gasteiger partial charge < -0.3 is 9.84 Å². The fourth-order valence-corrected chi connectivity index (χ4v) is 5.06. The van der Waals surface area contributed by atoms with Crippen molar-refractivity contribution in [3.63, 3.8) is 0 Å². The number of hydrogen-bond acceptors (Lipinski definition) is 5. The number of hydrogen-bond donors (Lipinski definition) is 1. The monoisotopic (exact) mass is 454 g/mol. The quantitative estimate of drug-likeness (QED) is 0.682. The molecule has 1 aliphatic heterocycles. The number of rotatable bonds is 7. The highest BCUT2D eigenvalue weighted by molar-refractivity contribution is 9.10. The van der Waals surface area contributed by atoms with Crippen molar-refractivity contribution in [3.05, 3.63) is 27.7 Å². The van der Waals surface area contributed by atoms with Crippen molar-refractivity contribution < 1.29 is 18.3 Å². The van der Waals surface area contributed by atoms with Crippen LogP contribution in [-0.2, 0) is 14.8 Å². The summed E-state index contributed by atoms with van der Waals surface area (Å²) in [6, 6.07) is 4.76. The lowest BCUT2D eigenvalue weighted by molar-refractivity contribution is -0.0117. The summed E-state index contributed by atoms with van der Waals surface area (Å²) in [6.45, 7) is 6.45. The van der Waals surface area contributed by atoms with Gasteiger partial charge in [0.15, 0.2) is 0 Å². The SMILES string of the molecule is CC(C)OCC(O)CN1CCN(S(=O)(=O)c2ccc(Br)cc2Cl)CC1. The number of sulfonamides is 1. The summed E-state index contributed by atoms with van der Waals surface area (Å²) in [5, 5.41) is 10.2. The zero-order chi connectivity index (χ0) is 18.6. The van der Waals surface area contributed by atoms with E-state index in [0.29, 0.717) is 32.7 Å². The molecule has 1 aromatic rings. The second-order valence-corrected chi connectivity index (χ2v) is 9.54. The Kier molecular flexibility index (Phi) is 7.69. The molecule has 1 N–H and O–H groups in total. The molecule has 1 atom stereocenters. The number of piperazine rings is 1. The zero-order valence-corrected chi connectivity index (χ0v) is 17.5. The maximum atomic E-state index is 12.8. The molecule has 0 spiro atoms. The number of aliphatic hydroxyl groups is 1. The van der Waals surface area contributed by atoms with Crippen molar-refractivity contribution in [2.24, 2.45) is 0 Å². The minimum absolute atomic E-state index is 0.0762. The van der Waals surface area contributed by atoms with Crippen LogP contribution in [-0.4, -0.2) is 74.3 Å². The van der Waals surface area contributed by atoms with Crippen molar-refractivity contribution in [1.29, 1.82) is 0 Å². The van der Waals surface area contributed by atoms with Gasteiger partial charge in [-0.05, 0) is 32.0 Å². The minimum atomic E-state index is -3.62. The maximum absolute atomic E-state index is 12.8. The summed E-state index contributed by atoms with van der Waals surface area (Å²) < 4.78 is 33.1. The van der Waals surface area contributed by atoms with Crippen LogP contribution in [0.1, 0.15) is 13.8 Å². The van der Waals surface area contributed by atoms with Gasteiger partial charge in [-0.3, -0.25) is 4.90 Å².